The van der Waals surface area contributed by atoms with Crippen LogP contribution in [0.2, 0.25) is 0 Å². The maximum atomic E-state index is 10.5. The van der Waals surface area contributed by atoms with Crippen molar-refractivity contribution in [2.75, 3.05) is 59.7 Å². The molecule has 0 radical (unpaired) electrons. The molecule has 7 heteroatoms. The van der Waals surface area contributed by atoms with Crippen molar-refractivity contribution in [1.82, 2.24) is 9.80 Å². The Morgan fingerprint density at radius 1 is 1.00 bits per heavy atom. The fraction of sp³-hybridized carbons (Fsp3) is 0.520. The van der Waals surface area contributed by atoms with Gasteiger partial charge >= 0.3 is 0 Å². The minimum absolute atomic E-state index is 0.224. The summed E-state index contributed by atoms with van der Waals surface area (Å²) in [7, 11) is 1.64. The molecule has 32 heavy (non-hydrogen) atoms. The van der Waals surface area contributed by atoms with Gasteiger partial charge in [0.2, 0.25) is 0 Å². The number of fused-ring (bicyclic) bond motifs is 1. The second kappa shape index (κ2) is 11.5. The van der Waals surface area contributed by atoms with E-state index in [1.165, 1.54) is 5.56 Å². The first-order chi connectivity index (χ1) is 15.7. The molecule has 1 saturated heterocycles. The first-order valence-corrected chi connectivity index (χ1v) is 11.4. The number of hydrogen-bond donors (Lipinski definition) is 1. The molecule has 2 aliphatic heterocycles. The summed E-state index contributed by atoms with van der Waals surface area (Å²) in [5.74, 6) is 2.31. The van der Waals surface area contributed by atoms with E-state index in [0.29, 0.717) is 24.7 Å². The van der Waals surface area contributed by atoms with Crippen LogP contribution in [-0.4, -0.2) is 80.7 Å². The molecule has 1 unspecified atom stereocenters. The molecule has 1 N–H and O–H groups in total. The van der Waals surface area contributed by atoms with Crippen molar-refractivity contribution in [1.29, 1.82) is 0 Å². The van der Waals surface area contributed by atoms with Crippen LogP contribution in [0.5, 0.6) is 17.2 Å². The molecular weight excluding hydrogens is 408 g/mol. The van der Waals surface area contributed by atoms with E-state index >= 15 is 0 Å². The van der Waals surface area contributed by atoms with Gasteiger partial charge in [0.1, 0.15) is 25.1 Å². The molecule has 0 amide bonds. The van der Waals surface area contributed by atoms with Gasteiger partial charge in [-0.3, -0.25) is 9.80 Å². The third-order valence-electron chi connectivity index (χ3n) is 5.88. The monoisotopic (exact) mass is 442 g/mol. The molecule has 4 rings (SSSR count). The second-order valence-electron chi connectivity index (χ2n) is 8.38. The number of nitrogens with zero attached hydrogens (tertiary/aromatic N) is 2. The van der Waals surface area contributed by atoms with E-state index in [1.807, 2.05) is 24.3 Å². The first kappa shape index (κ1) is 22.9. The number of methoxy groups -OCH3 is 1. The average Bonchev–Trinajstić information content (AvgIpc) is 3.18. The highest BCUT2D eigenvalue weighted by Gasteiger charge is 2.18. The van der Waals surface area contributed by atoms with E-state index in [2.05, 4.69) is 28.0 Å². The van der Waals surface area contributed by atoms with Crippen LogP contribution in [0.25, 0.3) is 0 Å². The Morgan fingerprint density at radius 2 is 1.88 bits per heavy atom. The Bertz CT molecular complexity index is 854. The van der Waals surface area contributed by atoms with Gasteiger partial charge < -0.3 is 24.1 Å². The van der Waals surface area contributed by atoms with Crippen molar-refractivity contribution in [3.8, 4) is 17.2 Å². The molecule has 1 fully saturated rings. The number of aliphatic hydroxyl groups excluding tert-OH is 1. The van der Waals surface area contributed by atoms with Gasteiger partial charge in [-0.15, -0.1) is 0 Å². The molecule has 2 aromatic carbocycles. The van der Waals surface area contributed by atoms with Gasteiger partial charge in [-0.05, 0) is 30.2 Å². The SMILES string of the molecule is COc1ccc(CN2CCOc3ccccc3C2)cc1OCC(O)CN1CCCOCC1. The summed E-state index contributed by atoms with van der Waals surface area (Å²) in [5.41, 5.74) is 2.34. The quantitative estimate of drug-likeness (QED) is 0.674. The van der Waals surface area contributed by atoms with Crippen molar-refractivity contribution in [2.24, 2.45) is 0 Å². The summed E-state index contributed by atoms with van der Waals surface area (Å²) >= 11 is 0. The topological polar surface area (TPSA) is 63.6 Å². The van der Waals surface area contributed by atoms with Crippen molar-refractivity contribution in [3.05, 3.63) is 53.6 Å². The Morgan fingerprint density at radius 3 is 2.78 bits per heavy atom. The molecule has 7 nitrogen and oxygen atoms in total. The zero-order valence-corrected chi connectivity index (χ0v) is 18.9. The summed E-state index contributed by atoms with van der Waals surface area (Å²) in [5, 5.41) is 10.5. The number of para-hydroxylation sites is 1. The normalized spacial score (nSPS) is 18.7. The number of hydrogen-bond acceptors (Lipinski definition) is 7. The summed E-state index contributed by atoms with van der Waals surface area (Å²) in [6.07, 6.45) is 0.427. The predicted molar refractivity (Wildman–Crippen MR) is 122 cm³/mol. The van der Waals surface area contributed by atoms with Crippen LogP contribution in [0.4, 0.5) is 0 Å². The van der Waals surface area contributed by atoms with Crippen molar-refractivity contribution in [3.63, 3.8) is 0 Å². The zero-order chi connectivity index (χ0) is 22.2. The zero-order valence-electron chi connectivity index (χ0n) is 18.9. The molecule has 0 bridgehead atoms. The summed E-state index contributed by atoms with van der Waals surface area (Å²) in [6.45, 7) is 7.26. The van der Waals surface area contributed by atoms with Gasteiger partial charge in [0.25, 0.3) is 0 Å². The van der Waals surface area contributed by atoms with Gasteiger partial charge in [0, 0.05) is 51.4 Å². The molecule has 174 valence electrons. The molecule has 0 spiro atoms. The number of rotatable bonds is 8. The van der Waals surface area contributed by atoms with E-state index in [4.69, 9.17) is 18.9 Å². The Hall–Kier alpha value is -2.32. The molecule has 2 aliphatic rings. The Labute approximate surface area is 190 Å². The van der Waals surface area contributed by atoms with Crippen LogP contribution >= 0.6 is 0 Å². The molecular formula is C25H34N2O5. The molecule has 0 saturated carbocycles. The van der Waals surface area contributed by atoms with E-state index in [9.17, 15) is 5.11 Å². The van der Waals surface area contributed by atoms with E-state index < -0.39 is 6.10 Å². The fourth-order valence-corrected chi connectivity index (χ4v) is 4.22. The van der Waals surface area contributed by atoms with Crippen LogP contribution < -0.4 is 14.2 Å². The lowest BCUT2D eigenvalue weighted by Crippen LogP contribution is -2.37. The second-order valence-corrected chi connectivity index (χ2v) is 8.38. The maximum absolute atomic E-state index is 10.5. The largest absolute Gasteiger partial charge is 0.493 e. The fourth-order valence-electron chi connectivity index (χ4n) is 4.22. The lowest BCUT2D eigenvalue weighted by Gasteiger charge is -2.23. The van der Waals surface area contributed by atoms with Crippen LogP contribution in [0.1, 0.15) is 17.5 Å². The minimum Gasteiger partial charge on any atom is -0.493 e. The van der Waals surface area contributed by atoms with Crippen molar-refractivity contribution in [2.45, 2.75) is 25.6 Å². The molecule has 2 aromatic rings. The Kier molecular flexibility index (Phi) is 8.23. The van der Waals surface area contributed by atoms with E-state index in [1.54, 1.807) is 7.11 Å². The van der Waals surface area contributed by atoms with Crippen LogP contribution in [-0.2, 0) is 17.8 Å². The highest BCUT2D eigenvalue weighted by molar-refractivity contribution is 5.43. The lowest BCUT2D eigenvalue weighted by atomic mass is 10.1. The molecule has 0 aromatic heterocycles. The van der Waals surface area contributed by atoms with Gasteiger partial charge in [0.05, 0.1) is 13.7 Å². The Balaban J connectivity index is 1.35. The highest BCUT2D eigenvalue weighted by atomic mass is 16.5. The van der Waals surface area contributed by atoms with Crippen LogP contribution in [0, 0.1) is 0 Å². The average molecular weight is 443 g/mol. The molecule has 2 heterocycles. The van der Waals surface area contributed by atoms with Crippen molar-refractivity contribution < 1.29 is 24.1 Å². The predicted octanol–water partition coefficient (Wildman–Crippen LogP) is 2.55. The third kappa shape index (κ3) is 6.36. The first-order valence-electron chi connectivity index (χ1n) is 11.4. The van der Waals surface area contributed by atoms with E-state index in [-0.39, 0.29) is 6.61 Å². The molecule has 0 aliphatic carbocycles. The van der Waals surface area contributed by atoms with Gasteiger partial charge in [-0.1, -0.05) is 24.3 Å². The highest BCUT2D eigenvalue weighted by Crippen LogP contribution is 2.30. The van der Waals surface area contributed by atoms with Gasteiger partial charge in [-0.25, -0.2) is 0 Å². The van der Waals surface area contributed by atoms with Gasteiger partial charge in [0.15, 0.2) is 11.5 Å². The third-order valence-corrected chi connectivity index (χ3v) is 5.88. The summed E-state index contributed by atoms with van der Waals surface area (Å²) in [6, 6.07) is 14.2. The van der Waals surface area contributed by atoms with Gasteiger partial charge in [-0.2, -0.15) is 0 Å². The van der Waals surface area contributed by atoms with Crippen molar-refractivity contribution >= 4 is 0 Å². The number of aliphatic hydroxyl groups is 1. The molecule has 1 atom stereocenters. The lowest BCUT2D eigenvalue weighted by molar-refractivity contribution is 0.0649. The number of ether oxygens (including phenoxy) is 4. The maximum Gasteiger partial charge on any atom is 0.161 e. The minimum atomic E-state index is -0.569. The summed E-state index contributed by atoms with van der Waals surface area (Å²) in [4.78, 5) is 4.60. The standard InChI is InChI=1S/C25H34N2O5/c1-29-24-8-7-20(16-27-11-14-31-23-6-3-2-5-21(23)17-27)15-25(24)32-19-22(28)18-26-9-4-12-30-13-10-26/h2-3,5-8,15,22,28H,4,9-14,16-19H2,1H3. The van der Waals surface area contributed by atoms with E-state index in [0.717, 1.165) is 63.7 Å². The number of benzene rings is 2. The number of β-amino-alcohol motifs (C(OH)–C–C–N with tert-alkyl or cyclic N) is 1. The summed E-state index contributed by atoms with van der Waals surface area (Å²) < 4.78 is 22.9. The van der Waals surface area contributed by atoms with Crippen LogP contribution in [0.3, 0.4) is 0 Å². The van der Waals surface area contributed by atoms with Crippen LogP contribution in [0.15, 0.2) is 42.5 Å². The smallest absolute Gasteiger partial charge is 0.161 e.